The number of hydrogen-bond acceptors (Lipinski definition) is 3. The second-order valence-corrected chi connectivity index (χ2v) is 12.9. The molecule has 2 heterocycles. The number of aromatic nitrogens is 4. The molecule has 0 bridgehead atoms. The van der Waals surface area contributed by atoms with Crippen LogP contribution in [0.15, 0.2) is 182 Å². The van der Waals surface area contributed by atoms with E-state index in [2.05, 4.69) is 126 Å². The molecule has 0 radical (unpaired) electrons. The minimum absolute atomic E-state index is 0.630. The molecule has 0 spiro atoms. The summed E-state index contributed by atoms with van der Waals surface area (Å²) in [7, 11) is 0. The Hall–Kier alpha value is -6.91. The molecule has 0 aliphatic carbocycles. The first-order valence-electron chi connectivity index (χ1n) is 17.2. The van der Waals surface area contributed by atoms with Crippen molar-refractivity contribution < 1.29 is 0 Å². The Balaban J connectivity index is 1.26. The zero-order valence-corrected chi connectivity index (χ0v) is 27.6. The Morgan fingerprint density at radius 1 is 0.314 bits per heavy atom. The lowest BCUT2D eigenvalue weighted by molar-refractivity contribution is 1.07. The van der Waals surface area contributed by atoms with Gasteiger partial charge in [-0.05, 0) is 69.6 Å². The minimum Gasteiger partial charge on any atom is -0.309 e. The highest BCUT2D eigenvalue weighted by Crippen LogP contribution is 2.41. The monoisotopic (exact) mass is 650 g/mol. The van der Waals surface area contributed by atoms with Crippen LogP contribution in [0.5, 0.6) is 0 Å². The number of nitrogens with zero attached hydrogens (tertiary/aromatic N) is 4. The summed E-state index contributed by atoms with van der Waals surface area (Å²) in [4.78, 5) is 15.1. The normalized spacial score (nSPS) is 11.5. The van der Waals surface area contributed by atoms with Crippen molar-refractivity contribution in [3.8, 4) is 51.0 Å². The maximum Gasteiger partial charge on any atom is 0.164 e. The summed E-state index contributed by atoms with van der Waals surface area (Å²) in [6, 6.07) is 64.1. The predicted molar refractivity (Wildman–Crippen MR) is 211 cm³/mol. The first-order valence-corrected chi connectivity index (χ1v) is 17.2. The van der Waals surface area contributed by atoms with Gasteiger partial charge in [0.1, 0.15) is 0 Å². The summed E-state index contributed by atoms with van der Waals surface area (Å²) in [5.74, 6) is 1.92. The third-order valence-electron chi connectivity index (χ3n) is 9.78. The van der Waals surface area contributed by atoms with E-state index in [0.717, 1.165) is 33.5 Å². The molecule has 8 aromatic carbocycles. The third kappa shape index (κ3) is 5.04. The van der Waals surface area contributed by atoms with Gasteiger partial charge in [-0.3, -0.25) is 0 Å². The van der Waals surface area contributed by atoms with Gasteiger partial charge in [-0.2, -0.15) is 0 Å². The van der Waals surface area contributed by atoms with Gasteiger partial charge >= 0.3 is 0 Å². The van der Waals surface area contributed by atoms with Crippen molar-refractivity contribution in [3.63, 3.8) is 0 Å². The van der Waals surface area contributed by atoms with Crippen molar-refractivity contribution in [2.24, 2.45) is 0 Å². The van der Waals surface area contributed by atoms with Crippen LogP contribution in [0, 0.1) is 0 Å². The number of fused-ring (bicyclic) bond motifs is 5. The molecule has 0 aliphatic rings. The van der Waals surface area contributed by atoms with Crippen LogP contribution in [0.25, 0.3) is 94.3 Å². The summed E-state index contributed by atoms with van der Waals surface area (Å²) < 4.78 is 2.44. The first kappa shape index (κ1) is 29.0. The molecule has 238 valence electrons. The highest BCUT2D eigenvalue weighted by atomic mass is 15.0. The van der Waals surface area contributed by atoms with Gasteiger partial charge in [-0.25, -0.2) is 15.0 Å². The van der Waals surface area contributed by atoms with E-state index in [1.165, 1.54) is 43.4 Å². The topological polar surface area (TPSA) is 43.6 Å². The SMILES string of the molecule is c1ccc(-c2nc(-c3ccccc3)nc(-c3ccc(-n4c5cc6ccccc6cc5c5cc6ccccc6cc54)c(-c4ccccc4)c3)n2)cc1. The van der Waals surface area contributed by atoms with Crippen LogP contribution in [0.4, 0.5) is 0 Å². The van der Waals surface area contributed by atoms with Gasteiger partial charge in [0.15, 0.2) is 17.5 Å². The first-order chi connectivity index (χ1) is 25.3. The van der Waals surface area contributed by atoms with Crippen LogP contribution >= 0.6 is 0 Å². The fraction of sp³-hybridized carbons (Fsp3) is 0. The molecule has 0 saturated carbocycles. The summed E-state index contributed by atoms with van der Waals surface area (Å²) in [5, 5.41) is 7.35. The van der Waals surface area contributed by atoms with E-state index in [1.807, 2.05) is 60.7 Å². The van der Waals surface area contributed by atoms with Crippen molar-refractivity contribution in [2.75, 3.05) is 0 Å². The minimum atomic E-state index is 0.630. The van der Waals surface area contributed by atoms with Crippen LogP contribution < -0.4 is 0 Å². The van der Waals surface area contributed by atoms with Crippen LogP contribution in [-0.2, 0) is 0 Å². The Labute approximate surface area is 295 Å². The predicted octanol–water partition coefficient (Wildman–Crippen LogP) is 11.9. The molecule has 0 N–H and O–H groups in total. The third-order valence-corrected chi connectivity index (χ3v) is 9.78. The van der Waals surface area contributed by atoms with Gasteiger partial charge in [-0.1, -0.05) is 140 Å². The highest BCUT2D eigenvalue weighted by molar-refractivity contribution is 6.17. The Kier molecular flexibility index (Phi) is 6.78. The Morgan fingerprint density at radius 2 is 0.706 bits per heavy atom. The molecule has 0 amide bonds. The number of benzene rings is 8. The zero-order valence-electron chi connectivity index (χ0n) is 27.6. The lowest BCUT2D eigenvalue weighted by Crippen LogP contribution is -2.02. The van der Waals surface area contributed by atoms with Crippen molar-refractivity contribution in [1.82, 2.24) is 19.5 Å². The molecular weight excluding hydrogens is 621 g/mol. The molecule has 0 aliphatic heterocycles. The molecule has 0 fully saturated rings. The number of hydrogen-bond donors (Lipinski definition) is 0. The molecule has 0 atom stereocenters. The van der Waals surface area contributed by atoms with E-state index in [9.17, 15) is 0 Å². The fourth-order valence-electron chi connectivity index (χ4n) is 7.30. The molecule has 10 rings (SSSR count). The van der Waals surface area contributed by atoms with Crippen LogP contribution in [-0.4, -0.2) is 19.5 Å². The zero-order chi connectivity index (χ0) is 33.7. The largest absolute Gasteiger partial charge is 0.309 e. The van der Waals surface area contributed by atoms with E-state index in [1.54, 1.807) is 0 Å². The van der Waals surface area contributed by atoms with Gasteiger partial charge in [0.25, 0.3) is 0 Å². The summed E-state index contributed by atoms with van der Waals surface area (Å²) in [5.41, 5.74) is 8.46. The van der Waals surface area contributed by atoms with Gasteiger partial charge in [0.05, 0.1) is 16.7 Å². The fourth-order valence-corrected chi connectivity index (χ4v) is 7.30. The summed E-state index contributed by atoms with van der Waals surface area (Å²) in [6.45, 7) is 0. The molecular formula is C47H30N4. The smallest absolute Gasteiger partial charge is 0.164 e. The van der Waals surface area contributed by atoms with Crippen LogP contribution in [0.1, 0.15) is 0 Å². The van der Waals surface area contributed by atoms with Crippen molar-refractivity contribution in [1.29, 1.82) is 0 Å². The maximum absolute atomic E-state index is 5.07. The average Bonchev–Trinajstić information content (AvgIpc) is 3.51. The molecule has 2 aromatic heterocycles. The van der Waals surface area contributed by atoms with Crippen molar-refractivity contribution >= 4 is 43.4 Å². The van der Waals surface area contributed by atoms with Gasteiger partial charge in [-0.15, -0.1) is 0 Å². The lowest BCUT2D eigenvalue weighted by Gasteiger charge is -2.16. The van der Waals surface area contributed by atoms with Crippen molar-refractivity contribution in [3.05, 3.63) is 182 Å². The molecule has 0 unspecified atom stereocenters. The van der Waals surface area contributed by atoms with E-state index in [-0.39, 0.29) is 0 Å². The van der Waals surface area contributed by atoms with E-state index < -0.39 is 0 Å². The van der Waals surface area contributed by atoms with E-state index in [0.29, 0.717) is 17.5 Å². The quantitative estimate of drug-likeness (QED) is 0.186. The van der Waals surface area contributed by atoms with Gasteiger partial charge in [0.2, 0.25) is 0 Å². The van der Waals surface area contributed by atoms with Gasteiger partial charge in [0, 0.05) is 33.0 Å². The molecule has 10 aromatic rings. The lowest BCUT2D eigenvalue weighted by atomic mass is 9.99. The second kappa shape index (κ2) is 11.9. The van der Waals surface area contributed by atoms with Crippen molar-refractivity contribution in [2.45, 2.75) is 0 Å². The molecule has 51 heavy (non-hydrogen) atoms. The number of rotatable bonds is 5. The second-order valence-electron chi connectivity index (χ2n) is 12.9. The van der Waals surface area contributed by atoms with E-state index >= 15 is 0 Å². The highest BCUT2D eigenvalue weighted by Gasteiger charge is 2.20. The summed E-state index contributed by atoms with van der Waals surface area (Å²) in [6.07, 6.45) is 0. The van der Waals surface area contributed by atoms with Gasteiger partial charge < -0.3 is 4.57 Å². The molecule has 0 saturated heterocycles. The Morgan fingerprint density at radius 3 is 1.18 bits per heavy atom. The molecule has 4 heteroatoms. The maximum atomic E-state index is 5.07. The summed E-state index contributed by atoms with van der Waals surface area (Å²) >= 11 is 0. The van der Waals surface area contributed by atoms with E-state index in [4.69, 9.17) is 15.0 Å². The standard InChI is InChI=1S/C47H30N4/c1-4-14-31(15-5-1)39-28-38(47-49-45(32-16-6-2-7-17-32)48-46(50-47)33-18-8-3-9-19-33)24-25-42(39)51-43-29-36-22-12-10-20-34(36)26-40(43)41-27-35-21-11-13-23-37(35)30-44(41)51/h1-30H. The Bertz CT molecular complexity index is 2740. The molecule has 4 nitrogen and oxygen atoms in total. The average molecular weight is 651 g/mol. The van der Waals surface area contributed by atoms with Crippen LogP contribution in [0.2, 0.25) is 0 Å². The van der Waals surface area contributed by atoms with Crippen LogP contribution in [0.3, 0.4) is 0 Å².